The number of anilines is 1. The smallest absolute Gasteiger partial charge is 0.350 e. The van der Waals surface area contributed by atoms with Crippen molar-refractivity contribution in [2.45, 2.75) is 13.1 Å². The molecule has 146 valence electrons. The highest BCUT2D eigenvalue weighted by atomic mass is 19.4. The van der Waals surface area contributed by atoms with Crippen molar-refractivity contribution in [2.75, 3.05) is 5.32 Å². The van der Waals surface area contributed by atoms with Crippen LogP contribution >= 0.6 is 0 Å². The van der Waals surface area contributed by atoms with Crippen LogP contribution in [0.15, 0.2) is 53.9 Å². The van der Waals surface area contributed by atoms with E-state index in [0.717, 1.165) is 19.2 Å². The Bertz CT molecular complexity index is 988. The third kappa shape index (κ3) is 4.65. The maximum Gasteiger partial charge on any atom is 0.417 e. The number of hydrogen-bond acceptors (Lipinski definition) is 2. The second-order valence-electron chi connectivity index (χ2n) is 5.68. The molecule has 1 N–H and O–H groups in total. The van der Waals surface area contributed by atoms with Crippen LogP contribution in [0.25, 0.3) is 11.3 Å². The first-order valence-electron chi connectivity index (χ1n) is 7.74. The Morgan fingerprint density at radius 1 is 1.32 bits per heavy atom. The topological polar surface area (TPSA) is 46.9 Å². The molecule has 2 aromatic rings. The van der Waals surface area contributed by atoms with Crippen LogP contribution in [0.1, 0.15) is 12.5 Å². The number of hydrogen-bond donors (Lipinski definition) is 1. The average Bonchev–Trinajstić information content (AvgIpc) is 2.97. The molecule has 0 saturated heterocycles. The Balaban J connectivity index is 2.25. The minimum Gasteiger partial charge on any atom is -0.350 e. The molecule has 2 rings (SSSR count). The quantitative estimate of drug-likeness (QED) is 0.351. The van der Waals surface area contributed by atoms with Gasteiger partial charge in [-0.15, -0.1) is 6.42 Å². The number of halogens is 5. The van der Waals surface area contributed by atoms with Crippen molar-refractivity contribution < 1.29 is 26.7 Å². The standard InChI is InChI=1S/C19H14F5N3O/c1-4-5-14(21)17(11(2)20)18(28)26-16-7-6-12(9-25-16)15-8-13(10-27(15)3)19(22,23)24/h1,5-10H,2-3H3,(H,25,26,28)/b14-5+,17-11-. The molecule has 0 atom stereocenters. The Hall–Kier alpha value is -3.41. The maximum atomic E-state index is 13.7. The third-order valence-corrected chi connectivity index (χ3v) is 3.65. The van der Waals surface area contributed by atoms with Gasteiger partial charge in [0, 0.05) is 36.8 Å². The molecular formula is C19H14F5N3O. The van der Waals surface area contributed by atoms with Gasteiger partial charge in [-0.05, 0) is 25.1 Å². The molecule has 2 aromatic heterocycles. The van der Waals surface area contributed by atoms with Crippen LogP contribution in [0.2, 0.25) is 0 Å². The molecule has 0 saturated carbocycles. The fourth-order valence-corrected chi connectivity index (χ4v) is 2.38. The number of nitrogens with one attached hydrogen (secondary N) is 1. The zero-order chi connectivity index (χ0) is 21.1. The second-order valence-corrected chi connectivity index (χ2v) is 5.68. The van der Waals surface area contributed by atoms with E-state index in [-0.39, 0.29) is 11.5 Å². The SMILES string of the molecule is C#C/C=C(F)\C(C(=O)Nc1ccc(-c2cc(C(F)(F)F)cn2C)cn1)=C(/C)F. The lowest BCUT2D eigenvalue weighted by Crippen LogP contribution is -2.16. The summed E-state index contributed by atoms with van der Waals surface area (Å²) < 4.78 is 66.9. The number of pyridine rings is 1. The normalized spacial score (nSPS) is 13.0. The second kappa shape index (κ2) is 8.08. The van der Waals surface area contributed by atoms with Crippen molar-refractivity contribution in [1.82, 2.24) is 9.55 Å². The van der Waals surface area contributed by atoms with Gasteiger partial charge in [0.25, 0.3) is 5.91 Å². The third-order valence-electron chi connectivity index (χ3n) is 3.65. The van der Waals surface area contributed by atoms with Crippen molar-refractivity contribution in [3.8, 4) is 23.6 Å². The van der Waals surface area contributed by atoms with Crippen molar-refractivity contribution in [3.05, 3.63) is 59.5 Å². The molecule has 0 aromatic carbocycles. The zero-order valence-electron chi connectivity index (χ0n) is 14.7. The lowest BCUT2D eigenvalue weighted by atomic mass is 10.1. The Labute approximate surface area is 157 Å². The molecular weight excluding hydrogens is 381 g/mol. The lowest BCUT2D eigenvalue weighted by Gasteiger charge is -2.08. The van der Waals surface area contributed by atoms with Crippen LogP contribution in [-0.4, -0.2) is 15.5 Å². The van der Waals surface area contributed by atoms with E-state index in [2.05, 4.69) is 10.3 Å². The number of alkyl halides is 3. The van der Waals surface area contributed by atoms with E-state index in [1.54, 1.807) is 0 Å². The summed E-state index contributed by atoms with van der Waals surface area (Å²) in [5.74, 6) is -1.61. The number of terminal acetylenes is 1. The van der Waals surface area contributed by atoms with Crippen molar-refractivity contribution in [1.29, 1.82) is 0 Å². The van der Waals surface area contributed by atoms with Gasteiger partial charge in [0.2, 0.25) is 0 Å². The summed E-state index contributed by atoms with van der Waals surface area (Å²) >= 11 is 0. The van der Waals surface area contributed by atoms with E-state index >= 15 is 0 Å². The highest BCUT2D eigenvalue weighted by Gasteiger charge is 2.32. The monoisotopic (exact) mass is 395 g/mol. The summed E-state index contributed by atoms with van der Waals surface area (Å²) in [6, 6.07) is 3.67. The van der Waals surface area contributed by atoms with E-state index in [1.165, 1.54) is 29.9 Å². The molecule has 4 nitrogen and oxygen atoms in total. The number of aryl methyl sites for hydroxylation is 1. The van der Waals surface area contributed by atoms with E-state index in [0.29, 0.717) is 11.6 Å². The summed E-state index contributed by atoms with van der Waals surface area (Å²) in [5, 5.41) is 2.20. The predicted octanol–water partition coefficient (Wildman–Crippen LogP) is 4.77. The van der Waals surface area contributed by atoms with Gasteiger partial charge < -0.3 is 9.88 Å². The number of rotatable bonds is 4. The average molecular weight is 395 g/mol. The minimum absolute atomic E-state index is 0.0498. The van der Waals surface area contributed by atoms with Gasteiger partial charge in [-0.1, -0.05) is 5.92 Å². The van der Waals surface area contributed by atoms with Crippen molar-refractivity contribution in [3.63, 3.8) is 0 Å². The largest absolute Gasteiger partial charge is 0.417 e. The molecule has 28 heavy (non-hydrogen) atoms. The highest BCUT2D eigenvalue weighted by molar-refractivity contribution is 6.06. The molecule has 9 heteroatoms. The van der Waals surface area contributed by atoms with E-state index in [4.69, 9.17) is 6.42 Å². The molecule has 0 bridgehead atoms. The van der Waals surface area contributed by atoms with Crippen LogP contribution < -0.4 is 5.32 Å². The van der Waals surface area contributed by atoms with E-state index in [9.17, 15) is 26.7 Å². The van der Waals surface area contributed by atoms with Crippen LogP contribution in [0.5, 0.6) is 0 Å². The zero-order valence-corrected chi connectivity index (χ0v) is 14.7. The van der Waals surface area contributed by atoms with E-state index < -0.39 is 34.9 Å². The number of amides is 1. The molecule has 2 heterocycles. The predicted molar refractivity (Wildman–Crippen MR) is 94.1 cm³/mol. The number of allylic oxidation sites excluding steroid dienone is 2. The molecule has 0 aliphatic heterocycles. The van der Waals surface area contributed by atoms with E-state index in [1.807, 2.05) is 5.92 Å². The summed E-state index contributed by atoms with van der Waals surface area (Å²) in [6.45, 7) is 0.892. The first-order chi connectivity index (χ1) is 13.0. The number of carbonyl (C=O) groups excluding carboxylic acids is 1. The molecule has 0 spiro atoms. The van der Waals surface area contributed by atoms with Gasteiger partial charge in [-0.25, -0.2) is 13.8 Å². The molecule has 0 unspecified atom stereocenters. The maximum absolute atomic E-state index is 13.7. The van der Waals surface area contributed by atoms with Gasteiger partial charge in [-0.2, -0.15) is 13.2 Å². The van der Waals surface area contributed by atoms with Gasteiger partial charge >= 0.3 is 6.18 Å². The van der Waals surface area contributed by atoms with Gasteiger partial charge in [0.05, 0.1) is 5.56 Å². The first-order valence-corrected chi connectivity index (χ1v) is 7.74. The minimum atomic E-state index is -4.49. The Morgan fingerprint density at radius 3 is 2.46 bits per heavy atom. The molecule has 0 radical (unpaired) electrons. The number of nitrogens with zero attached hydrogens (tertiary/aromatic N) is 2. The molecule has 1 amide bonds. The van der Waals surface area contributed by atoms with Crippen LogP contribution in [-0.2, 0) is 18.0 Å². The van der Waals surface area contributed by atoms with Crippen LogP contribution in [0, 0.1) is 12.3 Å². The number of aromatic nitrogens is 2. The van der Waals surface area contributed by atoms with Crippen molar-refractivity contribution in [2.24, 2.45) is 7.05 Å². The Morgan fingerprint density at radius 2 is 2.00 bits per heavy atom. The lowest BCUT2D eigenvalue weighted by molar-refractivity contribution is -0.137. The number of carbonyl (C=O) groups is 1. The van der Waals surface area contributed by atoms with Gasteiger partial charge in [0.1, 0.15) is 23.0 Å². The fraction of sp³-hybridized carbons (Fsp3) is 0.158. The molecule has 0 aliphatic carbocycles. The van der Waals surface area contributed by atoms with Crippen molar-refractivity contribution >= 4 is 11.7 Å². The first kappa shape index (κ1) is 20.9. The van der Waals surface area contributed by atoms with Gasteiger partial charge in [0.15, 0.2) is 0 Å². The summed E-state index contributed by atoms with van der Waals surface area (Å²) in [5.41, 5.74) is -1.08. The summed E-state index contributed by atoms with van der Waals surface area (Å²) in [7, 11) is 1.45. The Kier molecular flexibility index (Phi) is 6.03. The molecule has 0 fully saturated rings. The highest BCUT2D eigenvalue weighted by Crippen LogP contribution is 2.33. The molecule has 0 aliphatic rings. The van der Waals surface area contributed by atoms with Gasteiger partial charge in [-0.3, -0.25) is 4.79 Å². The summed E-state index contributed by atoms with van der Waals surface area (Å²) in [6.07, 6.45) is 3.18. The van der Waals surface area contributed by atoms with Crippen LogP contribution in [0.3, 0.4) is 0 Å². The summed E-state index contributed by atoms with van der Waals surface area (Å²) in [4.78, 5) is 16.0. The fourth-order valence-electron chi connectivity index (χ4n) is 2.38. The van der Waals surface area contributed by atoms with Crippen LogP contribution in [0.4, 0.5) is 27.8 Å².